The Hall–Kier alpha value is -0.940. The molecule has 0 saturated carbocycles. The lowest BCUT2D eigenvalue weighted by Gasteiger charge is -2.17. The Morgan fingerprint density at radius 3 is 2.64 bits per heavy atom. The zero-order valence-corrected chi connectivity index (χ0v) is 9.28. The highest BCUT2D eigenvalue weighted by Gasteiger charge is 2.25. The first-order valence-electron chi connectivity index (χ1n) is 4.22. The zero-order valence-electron chi connectivity index (χ0n) is 8.47. The number of aromatic nitrogens is 2. The second-order valence-electron chi connectivity index (χ2n) is 3.73. The van der Waals surface area contributed by atoms with Crippen LogP contribution >= 0.6 is 0 Å². The molecule has 1 rings (SSSR count). The van der Waals surface area contributed by atoms with Gasteiger partial charge in [0.2, 0.25) is 0 Å². The smallest absolute Gasteiger partial charge is 0.144 e. The molecule has 0 bridgehead atoms. The van der Waals surface area contributed by atoms with Gasteiger partial charge in [0.05, 0.1) is 6.20 Å². The molecule has 0 N–H and O–H groups in total. The molecule has 0 aliphatic carbocycles. The maximum Gasteiger partial charge on any atom is 0.144 e. The van der Waals surface area contributed by atoms with E-state index >= 15 is 0 Å². The van der Waals surface area contributed by atoms with E-state index in [4.69, 9.17) is 0 Å². The fourth-order valence-electron chi connectivity index (χ4n) is 0.637. The highest BCUT2D eigenvalue weighted by atomic mass is 32.2. The Bertz CT molecular complexity index is 308. The molecule has 0 amide bonds. The summed E-state index contributed by atoms with van der Waals surface area (Å²) < 4.78 is 15.1. The lowest BCUT2D eigenvalue weighted by molar-refractivity contribution is 0.562. The van der Waals surface area contributed by atoms with Gasteiger partial charge in [-0.3, -0.25) is 9.97 Å². The topological polar surface area (TPSA) is 61.2 Å². The van der Waals surface area contributed by atoms with Gasteiger partial charge in [-0.2, -0.15) is 0 Å². The van der Waals surface area contributed by atoms with E-state index in [1.165, 1.54) is 6.21 Å². The summed E-state index contributed by atoms with van der Waals surface area (Å²) in [6.07, 6.45) is 6.21. The van der Waals surface area contributed by atoms with E-state index in [0.29, 0.717) is 5.69 Å². The zero-order chi connectivity index (χ0) is 10.6. The summed E-state index contributed by atoms with van der Waals surface area (Å²) in [6.45, 7) is 5.62. The van der Waals surface area contributed by atoms with Gasteiger partial charge in [-0.05, 0) is 20.8 Å². The first kappa shape index (κ1) is 11.1. The summed E-state index contributed by atoms with van der Waals surface area (Å²) in [5.74, 6) is 0. The molecule has 0 saturated heterocycles. The van der Waals surface area contributed by atoms with E-state index in [1.807, 2.05) is 20.8 Å². The van der Waals surface area contributed by atoms with Crippen molar-refractivity contribution in [1.29, 1.82) is 0 Å². The van der Waals surface area contributed by atoms with E-state index in [9.17, 15) is 4.55 Å². The molecule has 1 aromatic rings. The lowest BCUT2D eigenvalue weighted by Crippen LogP contribution is -2.25. The molecule has 0 aliphatic rings. The van der Waals surface area contributed by atoms with Gasteiger partial charge < -0.3 is 4.55 Å². The van der Waals surface area contributed by atoms with E-state index in [1.54, 1.807) is 18.6 Å². The summed E-state index contributed by atoms with van der Waals surface area (Å²) >= 11 is -1.24. The van der Waals surface area contributed by atoms with Crippen LogP contribution in [0, 0.1) is 0 Å². The molecule has 0 fully saturated rings. The normalized spacial score (nSPS) is 14.6. The van der Waals surface area contributed by atoms with Gasteiger partial charge in [-0.15, -0.1) is 0 Å². The monoisotopic (exact) mass is 211 g/mol. The maximum atomic E-state index is 11.5. The average molecular weight is 211 g/mol. The Labute approximate surface area is 86.8 Å². The molecule has 1 heterocycles. The third-order valence-corrected chi connectivity index (χ3v) is 2.73. The van der Waals surface area contributed by atoms with Gasteiger partial charge >= 0.3 is 0 Å². The van der Waals surface area contributed by atoms with Crippen molar-refractivity contribution < 1.29 is 4.55 Å². The van der Waals surface area contributed by atoms with Crippen LogP contribution in [-0.2, 0) is 11.4 Å². The fourth-order valence-corrected chi connectivity index (χ4v) is 1.16. The number of hydrogen-bond donors (Lipinski definition) is 0. The van der Waals surface area contributed by atoms with Gasteiger partial charge in [-0.1, -0.05) is 4.40 Å². The van der Waals surface area contributed by atoms with Crippen molar-refractivity contribution in [3.05, 3.63) is 24.3 Å². The molecule has 0 aromatic carbocycles. The van der Waals surface area contributed by atoms with Crippen LogP contribution in [0.2, 0.25) is 0 Å². The maximum absolute atomic E-state index is 11.5. The van der Waals surface area contributed by atoms with E-state index < -0.39 is 11.4 Å². The highest BCUT2D eigenvalue weighted by molar-refractivity contribution is 7.91. The van der Waals surface area contributed by atoms with E-state index in [0.717, 1.165) is 0 Å². The molecule has 0 aliphatic heterocycles. The molecular weight excluding hydrogens is 198 g/mol. The summed E-state index contributed by atoms with van der Waals surface area (Å²) in [6, 6.07) is 0. The van der Waals surface area contributed by atoms with Gasteiger partial charge in [0.15, 0.2) is 0 Å². The minimum Gasteiger partial charge on any atom is -0.591 e. The molecular formula is C9H13N3OS. The van der Waals surface area contributed by atoms with Crippen LogP contribution in [0.1, 0.15) is 26.5 Å². The summed E-state index contributed by atoms with van der Waals surface area (Å²) in [5, 5.41) is 0. The fraction of sp³-hybridized carbons (Fsp3) is 0.444. The average Bonchev–Trinajstić information content (AvgIpc) is 2.14. The minimum atomic E-state index is -1.24. The molecule has 0 radical (unpaired) electrons. The molecule has 1 aromatic heterocycles. The predicted octanol–water partition coefficient (Wildman–Crippen LogP) is 1.36. The van der Waals surface area contributed by atoms with Crippen molar-refractivity contribution in [2.45, 2.75) is 25.5 Å². The quantitative estimate of drug-likeness (QED) is 0.548. The van der Waals surface area contributed by atoms with Crippen molar-refractivity contribution in [2.75, 3.05) is 0 Å². The number of nitrogens with zero attached hydrogens (tertiary/aromatic N) is 3. The molecule has 0 spiro atoms. The van der Waals surface area contributed by atoms with Crippen molar-refractivity contribution in [1.82, 2.24) is 9.97 Å². The summed E-state index contributed by atoms with van der Waals surface area (Å²) in [5.41, 5.74) is 0.616. The SMILES string of the molecule is CC(C)(C)[S@+]([O-])/N=C/c1cnccn1. The molecule has 4 nitrogen and oxygen atoms in total. The second kappa shape index (κ2) is 4.52. The van der Waals surface area contributed by atoms with Crippen LogP contribution in [0.15, 0.2) is 23.0 Å². The molecule has 0 unspecified atom stereocenters. The molecule has 1 atom stereocenters. The third kappa shape index (κ3) is 3.43. The van der Waals surface area contributed by atoms with Crippen molar-refractivity contribution >= 4 is 17.6 Å². The van der Waals surface area contributed by atoms with Gasteiger partial charge in [0.25, 0.3) is 0 Å². The highest BCUT2D eigenvalue weighted by Crippen LogP contribution is 2.16. The van der Waals surface area contributed by atoms with Crippen LogP contribution < -0.4 is 0 Å². The van der Waals surface area contributed by atoms with Crippen LogP contribution in [0.3, 0.4) is 0 Å². The number of hydrogen-bond acceptors (Lipinski definition) is 4. The van der Waals surface area contributed by atoms with E-state index in [-0.39, 0.29) is 4.75 Å². The molecule has 76 valence electrons. The van der Waals surface area contributed by atoms with Gasteiger partial charge in [0, 0.05) is 12.4 Å². The van der Waals surface area contributed by atoms with Crippen molar-refractivity contribution in [3.8, 4) is 0 Å². The predicted molar refractivity (Wildman–Crippen MR) is 57.5 cm³/mol. The van der Waals surface area contributed by atoms with E-state index in [2.05, 4.69) is 14.4 Å². The summed E-state index contributed by atoms with van der Waals surface area (Å²) in [4.78, 5) is 7.86. The van der Waals surface area contributed by atoms with Gasteiger partial charge in [0.1, 0.15) is 28.0 Å². The third-order valence-electron chi connectivity index (χ3n) is 1.39. The van der Waals surface area contributed by atoms with Crippen molar-refractivity contribution in [2.24, 2.45) is 4.40 Å². The van der Waals surface area contributed by atoms with Crippen LogP contribution in [0.4, 0.5) is 0 Å². The van der Waals surface area contributed by atoms with Crippen LogP contribution in [0.5, 0.6) is 0 Å². The first-order chi connectivity index (χ1) is 6.50. The molecule has 14 heavy (non-hydrogen) atoms. The summed E-state index contributed by atoms with van der Waals surface area (Å²) in [7, 11) is 0. The minimum absolute atomic E-state index is 0.335. The van der Waals surface area contributed by atoms with Crippen LogP contribution in [-0.4, -0.2) is 25.5 Å². The van der Waals surface area contributed by atoms with Gasteiger partial charge in [-0.25, -0.2) is 0 Å². The second-order valence-corrected chi connectivity index (χ2v) is 5.66. The lowest BCUT2D eigenvalue weighted by atomic mass is 10.3. The Morgan fingerprint density at radius 1 is 1.43 bits per heavy atom. The Balaban J connectivity index is 2.66. The standard InChI is InChI=1S/C9H13N3OS/c1-9(2,3)14(13)12-7-8-6-10-4-5-11-8/h4-7H,1-3H3/b12-7+/t14-/m0/s1. The van der Waals surface area contributed by atoms with Crippen molar-refractivity contribution in [3.63, 3.8) is 0 Å². The Morgan fingerprint density at radius 2 is 2.14 bits per heavy atom. The largest absolute Gasteiger partial charge is 0.591 e. The Kier molecular flexibility index (Phi) is 3.60. The number of rotatable bonds is 2. The molecule has 5 heteroatoms. The van der Waals surface area contributed by atoms with Crippen LogP contribution in [0.25, 0.3) is 0 Å². The first-order valence-corrected chi connectivity index (χ1v) is 5.33.